The van der Waals surface area contributed by atoms with Crippen molar-refractivity contribution in [2.24, 2.45) is 12.1 Å². The highest BCUT2D eigenvalue weighted by Crippen LogP contribution is 2.23. The van der Waals surface area contributed by atoms with Gasteiger partial charge < -0.3 is 0 Å². The minimum atomic E-state index is -0.329. The Morgan fingerprint density at radius 3 is 2.75 bits per heavy atom. The lowest BCUT2D eigenvalue weighted by Crippen LogP contribution is -2.40. The Morgan fingerprint density at radius 1 is 1.33 bits per heavy atom. The van der Waals surface area contributed by atoms with Crippen LogP contribution in [0.5, 0.6) is 0 Å². The molecule has 8 heteroatoms. The molecule has 0 saturated carbocycles. The molecule has 0 unspecified atom stereocenters. The molecule has 0 saturated heterocycles. The van der Waals surface area contributed by atoms with Crippen LogP contribution in [0.3, 0.4) is 0 Å². The van der Waals surface area contributed by atoms with E-state index in [1.165, 1.54) is 9.13 Å². The molecule has 2 aromatic rings. The van der Waals surface area contributed by atoms with Crippen LogP contribution in [0.15, 0.2) is 27.3 Å². The molecule has 1 aliphatic rings. The van der Waals surface area contributed by atoms with Gasteiger partial charge in [-0.15, -0.1) is 6.58 Å². The van der Waals surface area contributed by atoms with Crippen molar-refractivity contribution in [2.45, 2.75) is 39.8 Å². The van der Waals surface area contributed by atoms with Crippen LogP contribution in [0, 0.1) is 0 Å². The van der Waals surface area contributed by atoms with Crippen LogP contribution in [-0.4, -0.2) is 30.9 Å². The maximum atomic E-state index is 12.9. The van der Waals surface area contributed by atoms with Gasteiger partial charge in [-0.25, -0.2) is 9.80 Å². The van der Waals surface area contributed by atoms with Crippen LogP contribution in [0.2, 0.25) is 0 Å². The lowest BCUT2D eigenvalue weighted by atomic mass is 10.3. The summed E-state index contributed by atoms with van der Waals surface area (Å²) in [6.07, 6.45) is 3.42. The van der Waals surface area contributed by atoms with Crippen LogP contribution >= 0.6 is 0 Å². The third-order valence-corrected chi connectivity index (χ3v) is 4.16. The molecular weight excluding hydrogens is 308 g/mol. The number of hydrogen-bond acceptors (Lipinski definition) is 5. The smallest absolute Gasteiger partial charge is 0.297 e. The van der Waals surface area contributed by atoms with Gasteiger partial charge >= 0.3 is 5.69 Å². The second kappa shape index (κ2) is 6.10. The number of nitrogens with zero attached hydrogens (tertiary/aromatic N) is 6. The molecule has 0 N–H and O–H groups in total. The zero-order chi connectivity index (χ0) is 17.4. The number of aromatic nitrogens is 4. The largest absolute Gasteiger partial charge is 0.332 e. The van der Waals surface area contributed by atoms with Crippen molar-refractivity contribution >= 4 is 22.8 Å². The third kappa shape index (κ3) is 2.38. The van der Waals surface area contributed by atoms with Gasteiger partial charge in [0.05, 0.1) is 18.8 Å². The molecule has 128 valence electrons. The highest BCUT2D eigenvalue weighted by molar-refractivity contribution is 5.87. The second-order valence-electron chi connectivity index (χ2n) is 6.03. The first-order chi connectivity index (χ1) is 11.5. The number of hydrogen-bond donors (Lipinski definition) is 0. The molecule has 0 fully saturated rings. The minimum absolute atomic E-state index is 0.284. The van der Waals surface area contributed by atoms with Crippen molar-refractivity contribution in [3.05, 3.63) is 33.5 Å². The van der Waals surface area contributed by atoms with Gasteiger partial charge in [0, 0.05) is 13.6 Å². The number of aryl methyl sites for hydroxylation is 1. The number of imidazole rings is 1. The average Bonchev–Trinajstić information content (AvgIpc) is 2.93. The van der Waals surface area contributed by atoms with Crippen molar-refractivity contribution in [3.63, 3.8) is 0 Å². The molecule has 0 aliphatic carbocycles. The standard InChI is InChI=1S/C16H22N6O2/c1-5-7-9-20-14(23)12-13(19(4)16(20)24)17-15-21(12)10-11(3)18-22(15)8-6-2/h6H,2,5,7-10H2,1,3-4H3. The Bertz CT molecular complexity index is 946. The van der Waals surface area contributed by atoms with E-state index in [4.69, 9.17) is 0 Å². The number of hydrazone groups is 1. The number of fused-ring (bicyclic) bond motifs is 3. The summed E-state index contributed by atoms with van der Waals surface area (Å²) < 4.78 is 4.59. The van der Waals surface area contributed by atoms with Crippen LogP contribution in [0.25, 0.3) is 11.2 Å². The van der Waals surface area contributed by atoms with E-state index in [2.05, 4.69) is 16.7 Å². The van der Waals surface area contributed by atoms with Crippen molar-refractivity contribution in [2.75, 3.05) is 11.6 Å². The van der Waals surface area contributed by atoms with Crippen molar-refractivity contribution in [1.29, 1.82) is 0 Å². The first-order valence-corrected chi connectivity index (χ1v) is 8.12. The van der Waals surface area contributed by atoms with Crippen molar-refractivity contribution in [3.8, 4) is 0 Å². The molecule has 8 nitrogen and oxygen atoms in total. The summed E-state index contributed by atoms with van der Waals surface area (Å²) in [4.78, 5) is 29.9. The molecule has 0 radical (unpaired) electrons. The molecule has 2 aromatic heterocycles. The Hall–Kier alpha value is -2.64. The fourth-order valence-electron chi connectivity index (χ4n) is 2.98. The van der Waals surface area contributed by atoms with Gasteiger partial charge in [-0.3, -0.25) is 18.5 Å². The number of rotatable bonds is 5. The van der Waals surface area contributed by atoms with Gasteiger partial charge in [-0.05, 0) is 13.3 Å². The summed E-state index contributed by atoms with van der Waals surface area (Å²) in [6.45, 7) is 9.06. The van der Waals surface area contributed by atoms with E-state index in [1.807, 2.05) is 18.4 Å². The van der Waals surface area contributed by atoms with Gasteiger partial charge in [-0.1, -0.05) is 19.4 Å². The summed E-state index contributed by atoms with van der Waals surface area (Å²) >= 11 is 0. The minimum Gasteiger partial charge on any atom is -0.297 e. The van der Waals surface area contributed by atoms with E-state index >= 15 is 0 Å². The van der Waals surface area contributed by atoms with Gasteiger partial charge in [-0.2, -0.15) is 10.1 Å². The maximum absolute atomic E-state index is 12.9. The molecule has 0 spiro atoms. The van der Waals surface area contributed by atoms with Gasteiger partial charge in [0.2, 0.25) is 5.95 Å². The fraction of sp³-hybridized carbons (Fsp3) is 0.500. The van der Waals surface area contributed by atoms with E-state index in [1.54, 1.807) is 18.1 Å². The highest BCUT2D eigenvalue weighted by Gasteiger charge is 2.25. The topological polar surface area (TPSA) is 77.4 Å². The fourth-order valence-corrected chi connectivity index (χ4v) is 2.98. The van der Waals surface area contributed by atoms with E-state index in [-0.39, 0.29) is 11.2 Å². The van der Waals surface area contributed by atoms with Crippen LogP contribution < -0.4 is 16.3 Å². The first-order valence-electron chi connectivity index (χ1n) is 8.12. The summed E-state index contributed by atoms with van der Waals surface area (Å²) in [5.41, 5.74) is 1.10. The summed E-state index contributed by atoms with van der Waals surface area (Å²) in [5.74, 6) is 0.566. The quantitative estimate of drug-likeness (QED) is 0.769. The van der Waals surface area contributed by atoms with Gasteiger partial charge in [0.1, 0.15) is 0 Å². The highest BCUT2D eigenvalue weighted by atomic mass is 16.2. The molecule has 0 aromatic carbocycles. The predicted octanol–water partition coefficient (Wildman–Crippen LogP) is 1.08. The second-order valence-corrected chi connectivity index (χ2v) is 6.03. The summed E-state index contributed by atoms with van der Waals surface area (Å²) in [5, 5.41) is 6.16. The van der Waals surface area contributed by atoms with Crippen LogP contribution in [0.1, 0.15) is 26.7 Å². The first kappa shape index (κ1) is 16.2. The zero-order valence-corrected chi connectivity index (χ0v) is 14.3. The van der Waals surface area contributed by atoms with Crippen molar-refractivity contribution in [1.82, 2.24) is 18.7 Å². The average molecular weight is 330 g/mol. The number of anilines is 1. The normalized spacial score (nSPS) is 14.0. The zero-order valence-electron chi connectivity index (χ0n) is 14.3. The number of unbranched alkanes of at least 4 members (excludes halogenated alkanes) is 1. The van der Waals surface area contributed by atoms with Gasteiger partial charge in [0.25, 0.3) is 5.56 Å². The Kier molecular flexibility index (Phi) is 4.13. The third-order valence-electron chi connectivity index (χ3n) is 4.16. The SMILES string of the molecule is C=CCN1N=C(C)Cn2c1nc1c2c(=O)n(CCCC)c(=O)n1C. The molecule has 24 heavy (non-hydrogen) atoms. The molecule has 3 rings (SSSR count). The Labute approximate surface area is 139 Å². The molecule has 0 atom stereocenters. The van der Waals surface area contributed by atoms with Crippen molar-refractivity contribution < 1.29 is 0 Å². The Balaban J connectivity index is 2.31. The molecule has 0 bridgehead atoms. The van der Waals surface area contributed by atoms with E-state index < -0.39 is 0 Å². The van der Waals surface area contributed by atoms with Crippen LogP contribution in [0.4, 0.5) is 5.95 Å². The lowest BCUT2D eigenvalue weighted by Gasteiger charge is -2.23. The molecule has 0 amide bonds. The van der Waals surface area contributed by atoms with Crippen LogP contribution in [-0.2, 0) is 20.1 Å². The van der Waals surface area contributed by atoms with Gasteiger partial charge in [0.15, 0.2) is 11.2 Å². The molecular formula is C16H22N6O2. The van der Waals surface area contributed by atoms with E-state index in [9.17, 15) is 9.59 Å². The predicted molar refractivity (Wildman–Crippen MR) is 94.8 cm³/mol. The summed E-state index contributed by atoms with van der Waals surface area (Å²) in [6, 6.07) is 0. The van der Waals surface area contributed by atoms with E-state index in [0.717, 1.165) is 18.6 Å². The molecule has 1 aliphatic heterocycles. The maximum Gasteiger partial charge on any atom is 0.332 e. The Morgan fingerprint density at radius 2 is 2.08 bits per heavy atom. The van der Waals surface area contributed by atoms with E-state index in [0.29, 0.717) is 36.7 Å². The molecule has 3 heterocycles. The lowest BCUT2D eigenvalue weighted by molar-refractivity contribution is 0.565. The monoisotopic (exact) mass is 330 g/mol. The summed E-state index contributed by atoms with van der Waals surface area (Å²) in [7, 11) is 1.65.